The van der Waals surface area contributed by atoms with Gasteiger partial charge in [-0.05, 0) is 62.7 Å². The number of benzene rings is 1. The van der Waals surface area contributed by atoms with Crippen LogP contribution in [0.1, 0.15) is 31.7 Å². The molecule has 3 N–H and O–H groups in total. The number of pyridine rings is 1. The molecule has 3 aromatic rings. The first kappa shape index (κ1) is 20.0. The van der Waals surface area contributed by atoms with E-state index < -0.39 is 0 Å². The van der Waals surface area contributed by atoms with Gasteiger partial charge in [0, 0.05) is 18.8 Å². The maximum Gasteiger partial charge on any atom is 0.320 e. The highest BCUT2D eigenvalue weighted by atomic mass is 16.2. The molecule has 1 saturated heterocycles. The number of fused-ring (bicyclic) bond motifs is 1. The van der Waals surface area contributed by atoms with E-state index in [1.54, 1.807) is 18.3 Å². The van der Waals surface area contributed by atoms with Crippen LogP contribution in [0.4, 0.5) is 22.1 Å². The molecular weight excluding hydrogens is 378 g/mol. The Balaban J connectivity index is 1.43. The second-order valence-electron chi connectivity index (χ2n) is 7.44. The largest absolute Gasteiger partial charge is 0.339 e. The summed E-state index contributed by atoms with van der Waals surface area (Å²) in [5.41, 5.74) is 3.40. The fraction of sp³-hybridized carbons (Fsp3) is 0.364. The van der Waals surface area contributed by atoms with Crippen LogP contribution in [0.5, 0.6) is 0 Å². The molecule has 3 heterocycles. The summed E-state index contributed by atoms with van der Waals surface area (Å²) in [6, 6.07) is 11.6. The molecule has 1 aliphatic heterocycles. The summed E-state index contributed by atoms with van der Waals surface area (Å²) >= 11 is 0. The van der Waals surface area contributed by atoms with Crippen LogP contribution >= 0.6 is 0 Å². The number of urea groups is 1. The van der Waals surface area contributed by atoms with Gasteiger partial charge < -0.3 is 10.6 Å². The van der Waals surface area contributed by atoms with Gasteiger partial charge in [-0.25, -0.2) is 19.7 Å². The molecule has 2 aromatic heterocycles. The van der Waals surface area contributed by atoms with E-state index in [9.17, 15) is 4.79 Å². The zero-order valence-electron chi connectivity index (χ0n) is 17.2. The highest BCUT2D eigenvalue weighted by molar-refractivity contribution is 5.89. The van der Waals surface area contributed by atoms with Crippen LogP contribution in [-0.2, 0) is 6.54 Å². The monoisotopic (exact) mass is 405 g/mol. The van der Waals surface area contributed by atoms with E-state index in [1.165, 1.54) is 37.9 Å². The van der Waals surface area contributed by atoms with Crippen molar-refractivity contribution >= 4 is 34.5 Å². The molecule has 8 nitrogen and oxygen atoms in total. The Kier molecular flexibility index (Phi) is 6.34. The molecule has 0 aliphatic carbocycles. The van der Waals surface area contributed by atoms with E-state index in [-0.39, 0.29) is 6.03 Å². The van der Waals surface area contributed by atoms with E-state index in [2.05, 4.69) is 60.1 Å². The summed E-state index contributed by atoms with van der Waals surface area (Å²) in [4.78, 5) is 27.5. The van der Waals surface area contributed by atoms with Gasteiger partial charge in [0.1, 0.15) is 11.3 Å². The highest BCUT2D eigenvalue weighted by Gasteiger charge is 2.10. The predicted octanol–water partition coefficient (Wildman–Crippen LogP) is 3.90. The molecule has 0 unspecified atom stereocenters. The van der Waals surface area contributed by atoms with Crippen molar-refractivity contribution in [3.63, 3.8) is 0 Å². The first-order valence-corrected chi connectivity index (χ1v) is 10.5. The summed E-state index contributed by atoms with van der Waals surface area (Å²) in [6.45, 7) is 5.79. The van der Waals surface area contributed by atoms with Gasteiger partial charge in [0.25, 0.3) is 0 Å². The Labute approximate surface area is 176 Å². The van der Waals surface area contributed by atoms with Gasteiger partial charge in [0.05, 0.1) is 6.20 Å². The molecule has 0 saturated carbocycles. The quantitative estimate of drug-likeness (QED) is 0.576. The number of rotatable bonds is 6. The third kappa shape index (κ3) is 5.21. The number of hydrogen-bond acceptors (Lipinski definition) is 6. The van der Waals surface area contributed by atoms with Crippen LogP contribution in [0, 0.1) is 0 Å². The molecule has 0 atom stereocenters. The Morgan fingerprint density at radius 1 is 1.00 bits per heavy atom. The predicted molar refractivity (Wildman–Crippen MR) is 119 cm³/mol. The molecule has 156 valence electrons. The van der Waals surface area contributed by atoms with E-state index in [4.69, 9.17) is 0 Å². The lowest BCUT2D eigenvalue weighted by Gasteiger charge is -2.26. The smallest absolute Gasteiger partial charge is 0.320 e. The van der Waals surface area contributed by atoms with Crippen molar-refractivity contribution < 1.29 is 4.79 Å². The maximum absolute atomic E-state index is 11.7. The van der Waals surface area contributed by atoms with Crippen molar-refractivity contribution in [3.05, 3.63) is 48.2 Å². The van der Waals surface area contributed by atoms with Gasteiger partial charge in [-0.3, -0.25) is 10.2 Å². The standard InChI is InChI=1S/C22H27N7O/c1-2-23-22(30)28-19-11-10-18-21(26-19)27-20(14-24-18)25-17-8-6-16(7-9-17)15-29-12-4-3-5-13-29/h6-11,14H,2-5,12-13,15H2,1H3,(H3,23,25,26,27,28,30). The number of nitrogens with zero attached hydrogens (tertiary/aromatic N) is 4. The topological polar surface area (TPSA) is 95.1 Å². The number of amides is 2. The molecule has 1 aliphatic rings. The number of nitrogens with one attached hydrogen (secondary N) is 3. The average molecular weight is 406 g/mol. The number of anilines is 3. The fourth-order valence-corrected chi connectivity index (χ4v) is 3.57. The number of carbonyl (C=O) groups excluding carboxylic acids is 1. The normalized spacial score (nSPS) is 14.4. The van der Waals surface area contributed by atoms with Crippen LogP contribution in [0.2, 0.25) is 0 Å². The lowest BCUT2D eigenvalue weighted by molar-refractivity contribution is 0.221. The molecule has 4 rings (SSSR count). The van der Waals surface area contributed by atoms with Crippen molar-refractivity contribution in [1.29, 1.82) is 0 Å². The summed E-state index contributed by atoms with van der Waals surface area (Å²) in [7, 11) is 0. The molecule has 30 heavy (non-hydrogen) atoms. The Hall–Kier alpha value is -3.26. The first-order valence-electron chi connectivity index (χ1n) is 10.5. The van der Waals surface area contributed by atoms with Crippen LogP contribution in [0.25, 0.3) is 11.2 Å². The van der Waals surface area contributed by atoms with Crippen molar-refractivity contribution in [1.82, 2.24) is 25.2 Å². The van der Waals surface area contributed by atoms with Gasteiger partial charge in [-0.1, -0.05) is 18.6 Å². The lowest BCUT2D eigenvalue weighted by atomic mass is 10.1. The summed E-state index contributed by atoms with van der Waals surface area (Å²) < 4.78 is 0. The molecule has 0 radical (unpaired) electrons. The number of likely N-dealkylation sites (tertiary alicyclic amines) is 1. The molecular formula is C22H27N7O. The van der Waals surface area contributed by atoms with Gasteiger partial charge in [-0.2, -0.15) is 0 Å². The third-order valence-corrected chi connectivity index (χ3v) is 5.07. The van der Waals surface area contributed by atoms with Gasteiger partial charge in [-0.15, -0.1) is 0 Å². The van der Waals surface area contributed by atoms with Crippen molar-refractivity contribution in [2.75, 3.05) is 30.3 Å². The van der Waals surface area contributed by atoms with E-state index in [0.29, 0.717) is 29.3 Å². The van der Waals surface area contributed by atoms with Crippen molar-refractivity contribution in [2.24, 2.45) is 0 Å². The molecule has 1 fully saturated rings. The number of aromatic nitrogens is 3. The Morgan fingerprint density at radius 2 is 1.77 bits per heavy atom. The van der Waals surface area contributed by atoms with Gasteiger partial charge in [0.15, 0.2) is 11.5 Å². The SMILES string of the molecule is CCNC(=O)Nc1ccc2ncc(Nc3ccc(CN4CCCCC4)cc3)nc2n1. The fourth-order valence-electron chi connectivity index (χ4n) is 3.57. The summed E-state index contributed by atoms with van der Waals surface area (Å²) in [6.07, 6.45) is 5.64. The zero-order valence-corrected chi connectivity index (χ0v) is 17.2. The van der Waals surface area contributed by atoms with Crippen LogP contribution in [0.3, 0.4) is 0 Å². The van der Waals surface area contributed by atoms with E-state index in [0.717, 1.165) is 12.2 Å². The summed E-state index contributed by atoms with van der Waals surface area (Å²) in [5, 5.41) is 8.65. The zero-order chi connectivity index (χ0) is 20.8. The second kappa shape index (κ2) is 9.49. The minimum atomic E-state index is -0.295. The van der Waals surface area contributed by atoms with E-state index >= 15 is 0 Å². The number of piperidine rings is 1. The van der Waals surface area contributed by atoms with Crippen LogP contribution < -0.4 is 16.0 Å². The van der Waals surface area contributed by atoms with E-state index in [1.807, 2.05) is 6.92 Å². The van der Waals surface area contributed by atoms with Crippen molar-refractivity contribution in [3.8, 4) is 0 Å². The highest BCUT2D eigenvalue weighted by Crippen LogP contribution is 2.19. The summed E-state index contributed by atoms with van der Waals surface area (Å²) in [5.74, 6) is 1.04. The minimum Gasteiger partial charge on any atom is -0.339 e. The second-order valence-corrected chi connectivity index (χ2v) is 7.44. The van der Waals surface area contributed by atoms with Gasteiger partial charge >= 0.3 is 6.03 Å². The molecule has 0 spiro atoms. The van der Waals surface area contributed by atoms with Gasteiger partial charge in [0.2, 0.25) is 0 Å². The molecule has 0 bridgehead atoms. The third-order valence-electron chi connectivity index (χ3n) is 5.07. The Morgan fingerprint density at radius 3 is 2.53 bits per heavy atom. The van der Waals surface area contributed by atoms with Crippen LogP contribution in [-0.4, -0.2) is 45.5 Å². The number of carbonyl (C=O) groups is 1. The molecule has 2 amide bonds. The average Bonchev–Trinajstić information content (AvgIpc) is 2.76. The maximum atomic E-state index is 11.7. The van der Waals surface area contributed by atoms with Crippen LogP contribution in [0.15, 0.2) is 42.6 Å². The molecule has 1 aromatic carbocycles. The lowest BCUT2D eigenvalue weighted by Crippen LogP contribution is -2.29. The first-order chi connectivity index (χ1) is 14.7. The van der Waals surface area contributed by atoms with Crippen molar-refractivity contribution in [2.45, 2.75) is 32.7 Å². The number of hydrogen-bond donors (Lipinski definition) is 3. The minimum absolute atomic E-state index is 0.295. The Bertz CT molecular complexity index is 1000. The molecule has 8 heteroatoms.